The van der Waals surface area contributed by atoms with Gasteiger partial charge >= 0.3 is 0 Å². The van der Waals surface area contributed by atoms with Gasteiger partial charge in [-0.25, -0.2) is 4.98 Å². The smallest absolute Gasteiger partial charge is 0.254 e. The Morgan fingerprint density at radius 3 is 2.76 bits per heavy atom. The van der Waals surface area contributed by atoms with E-state index < -0.39 is 0 Å². The monoisotopic (exact) mass is 388 g/mol. The second kappa shape index (κ2) is 7.03. The molecule has 1 aliphatic carbocycles. The predicted molar refractivity (Wildman–Crippen MR) is 111 cm³/mol. The normalized spacial score (nSPS) is 22.8. The Morgan fingerprint density at radius 1 is 1.17 bits per heavy atom. The molecule has 0 radical (unpaired) electrons. The Hall–Kier alpha value is -3.15. The minimum atomic E-state index is 0.0668. The molecule has 2 bridgehead atoms. The molecule has 1 saturated heterocycles. The van der Waals surface area contributed by atoms with Crippen LogP contribution in [0, 0.1) is 19.8 Å². The zero-order chi connectivity index (χ0) is 20.0. The molecule has 6 nitrogen and oxygen atoms in total. The van der Waals surface area contributed by atoms with Gasteiger partial charge in [0, 0.05) is 36.0 Å². The number of amides is 1. The van der Waals surface area contributed by atoms with Gasteiger partial charge in [-0.15, -0.1) is 0 Å². The Kier molecular flexibility index (Phi) is 4.34. The van der Waals surface area contributed by atoms with Crippen LogP contribution < -0.4 is 5.32 Å². The van der Waals surface area contributed by atoms with Crippen molar-refractivity contribution in [2.24, 2.45) is 5.92 Å². The number of aryl methyl sites for hydroxylation is 2. The van der Waals surface area contributed by atoms with Crippen LogP contribution in [0.15, 0.2) is 53.2 Å². The second-order valence-corrected chi connectivity index (χ2v) is 8.20. The van der Waals surface area contributed by atoms with E-state index in [2.05, 4.69) is 21.5 Å². The predicted octanol–water partition coefficient (Wildman–Crippen LogP) is 4.07. The van der Waals surface area contributed by atoms with Crippen LogP contribution in [0.4, 0.5) is 5.82 Å². The van der Waals surface area contributed by atoms with Crippen molar-refractivity contribution < 1.29 is 9.32 Å². The molecule has 3 aromatic rings. The van der Waals surface area contributed by atoms with Crippen molar-refractivity contribution in [2.75, 3.05) is 11.9 Å². The quantitative estimate of drug-likeness (QED) is 0.730. The molecule has 5 rings (SSSR count). The lowest BCUT2D eigenvalue weighted by molar-refractivity contribution is 0.0693. The number of likely N-dealkylation sites (tertiary alicyclic amines) is 1. The highest BCUT2D eigenvalue weighted by molar-refractivity contribution is 6.01. The third-order valence-corrected chi connectivity index (χ3v) is 6.05. The fourth-order valence-electron chi connectivity index (χ4n) is 4.70. The zero-order valence-electron chi connectivity index (χ0n) is 16.6. The maximum absolute atomic E-state index is 13.5. The van der Waals surface area contributed by atoms with E-state index in [-0.39, 0.29) is 18.0 Å². The van der Waals surface area contributed by atoms with E-state index in [1.165, 1.54) is 0 Å². The first kappa shape index (κ1) is 17.9. The molecule has 0 spiro atoms. The molecular weight excluding hydrogens is 364 g/mol. The van der Waals surface area contributed by atoms with Crippen molar-refractivity contribution in [1.29, 1.82) is 0 Å². The third-order valence-electron chi connectivity index (χ3n) is 6.05. The molecule has 3 unspecified atom stereocenters. The first-order valence-electron chi connectivity index (χ1n) is 10.1. The van der Waals surface area contributed by atoms with Crippen LogP contribution in [0.25, 0.3) is 11.3 Å². The molecule has 2 fully saturated rings. The number of carbonyl (C=O) groups excluding carboxylic acids is 1. The van der Waals surface area contributed by atoms with Gasteiger partial charge < -0.3 is 14.7 Å². The fraction of sp³-hybridized carbons (Fsp3) is 0.348. The molecule has 1 aromatic carbocycles. The number of piperidine rings is 1. The van der Waals surface area contributed by atoms with Crippen LogP contribution in [0.3, 0.4) is 0 Å². The number of nitrogens with one attached hydrogen (secondary N) is 1. The third kappa shape index (κ3) is 3.28. The molecule has 148 valence electrons. The molecule has 6 heteroatoms. The van der Waals surface area contributed by atoms with Crippen molar-refractivity contribution in [3.05, 3.63) is 65.5 Å². The second-order valence-electron chi connectivity index (χ2n) is 8.20. The van der Waals surface area contributed by atoms with E-state index in [1.54, 1.807) is 0 Å². The minimum Gasteiger partial charge on any atom is -0.365 e. The van der Waals surface area contributed by atoms with Crippen LogP contribution >= 0.6 is 0 Å². The van der Waals surface area contributed by atoms with Crippen LogP contribution in [-0.4, -0.2) is 39.6 Å². The maximum atomic E-state index is 13.5. The topological polar surface area (TPSA) is 71.3 Å². The molecule has 2 aliphatic rings. The number of fused-ring (bicyclic) bond motifs is 2. The van der Waals surface area contributed by atoms with Gasteiger partial charge in [-0.2, -0.15) is 0 Å². The van der Waals surface area contributed by atoms with Gasteiger partial charge in [0.15, 0.2) is 0 Å². The summed E-state index contributed by atoms with van der Waals surface area (Å²) < 4.78 is 5.23. The summed E-state index contributed by atoms with van der Waals surface area (Å²) >= 11 is 0. The van der Waals surface area contributed by atoms with E-state index in [0.717, 1.165) is 42.1 Å². The van der Waals surface area contributed by atoms with Crippen LogP contribution in [0.5, 0.6) is 0 Å². The number of nitrogens with zero attached hydrogens (tertiary/aromatic N) is 3. The van der Waals surface area contributed by atoms with Crippen molar-refractivity contribution in [1.82, 2.24) is 15.0 Å². The fourth-order valence-corrected chi connectivity index (χ4v) is 4.70. The lowest BCUT2D eigenvalue weighted by Crippen LogP contribution is -2.47. The summed E-state index contributed by atoms with van der Waals surface area (Å²) in [6.45, 7) is 4.70. The van der Waals surface area contributed by atoms with Crippen molar-refractivity contribution >= 4 is 11.7 Å². The number of pyridine rings is 1. The van der Waals surface area contributed by atoms with Crippen LogP contribution in [0.2, 0.25) is 0 Å². The largest absolute Gasteiger partial charge is 0.365 e. The first-order chi connectivity index (χ1) is 14.1. The van der Waals surface area contributed by atoms with Crippen molar-refractivity contribution in [2.45, 2.75) is 38.8 Å². The number of hydrogen-bond acceptors (Lipinski definition) is 5. The van der Waals surface area contributed by atoms with Gasteiger partial charge in [0.1, 0.15) is 17.3 Å². The molecule has 3 heterocycles. The SMILES string of the molecule is Cc1ccc(NC2CC3CC2N(C(=O)c2ccccc2-c2cc(C)on2)C3)nc1. The summed E-state index contributed by atoms with van der Waals surface area (Å²) in [6.07, 6.45) is 3.99. The van der Waals surface area contributed by atoms with E-state index in [1.807, 2.05) is 61.3 Å². The van der Waals surface area contributed by atoms with Gasteiger partial charge in [-0.1, -0.05) is 29.4 Å². The number of anilines is 1. The summed E-state index contributed by atoms with van der Waals surface area (Å²) in [4.78, 5) is 20.0. The summed E-state index contributed by atoms with van der Waals surface area (Å²) in [5.41, 5.74) is 3.34. The number of carbonyl (C=O) groups is 1. The van der Waals surface area contributed by atoms with Crippen molar-refractivity contribution in [3.8, 4) is 11.3 Å². The summed E-state index contributed by atoms with van der Waals surface area (Å²) in [5.74, 6) is 2.21. The van der Waals surface area contributed by atoms with Crippen molar-refractivity contribution in [3.63, 3.8) is 0 Å². The van der Waals surface area contributed by atoms with Gasteiger partial charge in [0.25, 0.3) is 5.91 Å². The van der Waals surface area contributed by atoms with Crippen LogP contribution in [0.1, 0.15) is 34.5 Å². The molecule has 1 saturated carbocycles. The van der Waals surface area contributed by atoms with E-state index in [9.17, 15) is 4.79 Å². The van der Waals surface area contributed by atoms with E-state index in [4.69, 9.17) is 4.52 Å². The molecule has 2 aromatic heterocycles. The van der Waals surface area contributed by atoms with Gasteiger partial charge in [-0.3, -0.25) is 4.79 Å². The number of benzene rings is 1. The Labute approximate surface area is 169 Å². The highest BCUT2D eigenvalue weighted by atomic mass is 16.5. The first-order valence-corrected chi connectivity index (χ1v) is 10.1. The van der Waals surface area contributed by atoms with E-state index in [0.29, 0.717) is 17.2 Å². The minimum absolute atomic E-state index is 0.0668. The van der Waals surface area contributed by atoms with Gasteiger partial charge in [0.2, 0.25) is 0 Å². The number of aromatic nitrogens is 2. The summed E-state index contributed by atoms with van der Waals surface area (Å²) in [5, 5.41) is 7.67. The average Bonchev–Trinajstić information content (AvgIpc) is 3.45. The zero-order valence-corrected chi connectivity index (χ0v) is 16.6. The average molecular weight is 388 g/mol. The highest BCUT2D eigenvalue weighted by Gasteiger charge is 2.47. The van der Waals surface area contributed by atoms with Crippen LogP contribution in [-0.2, 0) is 0 Å². The molecule has 3 atom stereocenters. The lowest BCUT2D eigenvalue weighted by Gasteiger charge is -2.34. The lowest BCUT2D eigenvalue weighted by atomic mass is 10.0. The standard InChI is InChI=1S/C23H24N4O2/c1-14-7-8-22(24-12-14)25-20-10-16-11-21(20)27(13-16)23(28)18-6-4-3-5-17(18)19-9-15(2)29-26-19/h3-9,12,16,20-21H,10-11,13H2,1-2H3,(H,24,25). The maximum Gasteiger partial charge on any atom is 0.254 e. The van der Waals surface area contributed by atoms with Gasteiger partial charge in [-0.05, 0) is 50.3 Å². The summed E-state index contributed by atoms with van der Waals surface area (Å²) in [6, 6.07) is 14.0. The Balaban J connectivity index is 1.39. The Morgan fingerprint density at radius 2 is 2.03 bits per heavy atom. The Bertz CT molecular complexity index is 1040. The summed E-state index contributed by atoms with van der Waals surface area (Å²) in [7, 11) is 0. The van der Waals surface area contributed by atoms with Gasteiger partial charge in [0.05, 0.1) is 6.04 Å². The molecule has 1 amide bonds. The highest BCUT2D eigenvalue weighted by Crippen LogP contribution is 2.40. The molecule has 1 N–H and O–H groups in total. The molecular formula is C23H24N4O2. The number of hydrogen-bond donors (Lipinski definition) is 1. The number of rotatable bonds is 4. The molecule has 1 aliphatic heterocycles. The van der Waals surface area contributed by atoms with E-state index >= 15 is 0 Å². The molecule has 29 heavy (non-hydrogen) atoms.